The van der Waals surface area contributed by atoms with Crippen LogP contribution in [-0.2, 0) is 6.18 Å². The molecule has 3 heterocycles. The van der Waals surface area contributed by atoms with Crippen LogP contribution < -0.4 is 20.6 Å². The number of amides is 1. The molecule has 3 N–H and O–H groups in total. The van der Waals surface area contributed by atoms with Crippen molar-refractivity contribution in [1.82, 2.24) is 30.7 Å². The van der Waals surface area contributed by atoms with Gasteiger partial charge in [0, 0.05) is 11.1 Å². The van der Waals surface area contributed by atoms with Crippen LogP contribution in [0.4, 0.5) is 19.0 Å². The number of carbonyl (C=O) groups is 1. The number of nitrogens with zero attached hydrogens (tertiary/aromatic N) is 6. The van der Waals surface area contributed by atoms with Crippen LogP contribution in [-0.4, -0.2) is 44.2 Å². The van der Waals surface area contributed by atoms with Crippen LogP contribution in [0.1, 0.15) is 21.6 Å². The average molecular weight is 486 g/mol. The summed E-state index contributed by atoms with van der Waals surface area (Å²) in [6, 6.07) is 9.60. The number of ether oxygens (including phenoxy) is 2. The van der Waals surface area contributed by atoms with E-state index >= 15 is 0 Å². The fourth-order valence-corrected chi connectivity index (χ4v) is 3.30. The van der Waals surface area contributed by atoms with E-state index in [1.165, 1.54) is 18.2 Å². The average Bonchev–Trinajstić information content (AvgIpc) is 3.57. The van der Waals surface area contributed by atoms with Gasteiger partial charge in [0.25, 0.3) is 5.91 Å². The maximum Gasteiger partial charge on any atom is 0.417 e. The van der Waals surface area contributed by atoms with Crippen molar-refractivity contribution in [2.75, 3.05) is 12.5 Å². The summed E-state index contributed by atoms with van der Waals surface area (Å²) >= 11 is 0. The molecule has 0 saturated carbocycles. The van der Waals surface area contributed by atoms with Crippen LogP contribution in [0.5, 0.6) is 11.5 Å². The monoisotopic (exact) mass is 486 g/mol. The summed E-state index contributed by atoms with van der Waals surface area (Å²) in [5, 5.41) is 18.6. The molecule has 0 unspecified atom stereocenters. The first-order chi connectivity index (χ1) is 16.8. The minimum absolute atomic E-state index is 0.0257. The number of benzene rings is 2. The van der Waals surface area contributed by atoms with Crippen LogP contribution >= 0.6 is 0 Å². The highest BCUT2D eigenvalue weighted by Gasteiger charge is 2.32. The number of fused-ring (bicyclic) bond motifs is 1. The fourth-order valence-electron chi connectivity index (χ4n) is 3.30. The van der Waals surface area contributed by atoms with Gasteiger partial charge >= 0.3 is 6.18 Å². The molecule has 4 aromatic rings. The number of anilines is 1. The number of halogens is 3. The molecule has 35 heavy (non-hydrogen) atoms. The molecule has 1 aliphatic heterocycles. The summed E-state index contributed by atoms with van der Waals surface area (Å²) in [7, 11) is 0. The zero-order chi connectivity index (χ0) is 24.6. The van der Waals surface area contributed by atoms with Gasteiger partial charge in [-0.1, -0.05) is 23.4 Å². The third kappa shape index (κ3) is 4.09. The maximum atomic E-state index is 13.2. The molecule has 2 aromatic heterocycles. The first kappa shape index (κ1) is 21.9. The van der Waals surface area contributed by atoms with Crippen LogP contribution in [0.3, 0.4) is 0 Å². The third-order valence-electron chi connectivity index (χ3n) is 4.86. The highest BCUT2D eigenvalue weighted by Crippen LogP contribution is 2.37. The van der Waals surface area contributed by atoms with Crippen molar-refractivity contribution < 1.29 is 32.1 Å². The normalized spacial score (nSPS) is 12.9. The summed E-state index contributed by atoms with van der Waals surface area (Å²) < 4.78 is 56.0. The SMILES string of the molecule is Nc1nonc1-n1nnc(C(=O)NN=Cc2ccccc2C(F)(F)F)c1-c1ccc2c(c1)OCO2. The Morgan fingerprint density at radius 1 is 1.14 bits per heavy atom. The van der Waals surface area contributed by atoms with Crippen LogP contribution in [0.25, 0.3) is 17.1 Å². The Morgan fingerprint density at radius 2 is 1.94 bits per heavy atom. The molecule has 0 fully saturated rings. The molecule has 0 bridgehead atoms. The number of hydrogen-bond donors (Lipinski definition) is 2. The van der Waals surface area contributed by atoms with E-state index in [0.717, 1.165) is 17.0 Å². The van der Waals surface area contributed by atoms with Gasteiger partial charge in [0.2, 0.25) is 18.4 Å². The van der Waals surface area contributed by atoms with Crippen molar-refractivity contribution in [3.8, 4) is 28.6 Å². The number of hydrazone groups is 1. The number of nitrogens with one attached hydrogen (secondary N) is 1. The standard InChI is InChI=1S/C20H13F3N8O4/c21-20(22,23)12-4-2-1-3-11(12)8-25-27-19(32)15-16(10-5-6-13-14(7-10)34-9-33-13)31(30-26-15)18-17(24)28-35-29-18/h1-8H,9H2,(H2,24,28)(H,27,32). The van der Waals surface area contributed by atoms with E-state index in [4.69, 9.17) is 15.2 Å². The molecule has 5 rings (SSSR count). The van der Waals surface area contributed by atoms with Crippen LogP contribution in [0.2, 0.25) is 0 Å². The van der Waals surface area contributed by atoms with E-state index < -0.39 is 17.6 Å². The van der Waals surface area contributed by atoms with E-state index in [0.29, 0.717) is 17.1 Å². The first-order valence-electron chi connectivity index (χ1n) is 9.76. The number of alkyl halides is 3. The predicted molar refractivity (Wildman–Crippen MR) is 112 cm³/mol. The Balaban J connectivity index is 1.50. The second kappa shape index (κ2) is 8.44. The van der Waals surface area contributed by atoms with E-state index in [1.807, 2.05) is 0 Å². The molecule has 1 amide bonds. The lowest BCUT2D eigenvalue weighted by Crippen LogP contribution is -2.20. The third-order valence-corrected chi connectivity index (χ3v) is 4.86. The molecule has 1 aliphatic rings. The van der Waals surface area contributed by atoms with Gasteiger partial charge in [0.15, 0.2) is 17.2 Å². The number of nitrogen functional groups attached to an aromatic ring is 1. The first-order valence-corrected chi connectivity index (χ1v) is 9.76. The van der Waals surface area contributed by atoms with Gasteiger partial charge in [0.05, 0.1) is 11.8 Å². The molecule has 15 heteroatoms. The molecule has 0 spiro atoms. The van der Waals surface area contributed by atoms with E-state index in [9.17, 15) is 18.0 Å². The summed E-state index contributed by atoms with van der Waals surface area (Å²) in [6.07, 6.45) is -3.71. The Kier molecular flexibility index (Phi) is 5.27. The number of hydrogen-bond acceptors (Lipinski definition) is 10. The smallest absolute Gasteiger partial charge is 0.417 e. The van der Waals surface area contributed by atoms with Gasteiger partial charge < -0.3 is 15.2 Å². The molecular weight excluding hydrogens is 473 g/mol. The van der Waals surface area contributed by atoms with E-state index in [2.05, 4.69) is 35.8 Å². The van der Waals surface area contributed by atoms with Gasteiger partial charge in [0.1, 0.15) is 5.69 Å². The quantitative estimate of drug-likeness (QED) is 0.319. The Labute approximate surface area is 193 Å². The summed E-state index contributed by atoms with van der Waals surface area (Å²) in [5.41, 5.74) is 7.10. The number of nitrogens with two attached hydrogens (primary N) is 1. The minimum atomic E-state index is -4.59. The molecule has 0 aliphatic carbocycles. The summed E-state index contributed by atoms with van der Waals surface area (Å²) in [4.78, 5) is 12.9. The maximum absolute atomic E-state index is 13.2. The van der Waals surface area contributed by atoms with Crippen molar-refractivity contribution in [1.29, 1.82) is 0 Å². The Hall–Kier alpha value is -4.95. The van der Waals surface area contributed by atoms with Crippen molar-refractivity contribution >= 4 is 17.9 Å². The zero-order valence-electron chi connectivity index (χ0n) is 17.4. The highest BCUT2D eigenvalue weighted by molar-refractivity contribution is 5.99. The Bertz CT molecular complexity index is 1450. The Morgan fingerprint density at radius 3 is 2.71 bits per heavy atom. The fraction of sp³-hybridized carbons (Fsp3) is 0.100. The molecular formula is C20H13F3N8O4. The van der Waals surface area contributed by atoms with Crippen molar-refractivity contribution in [2.24, 2.45) is 5.10 Å². The predicted octanol–water partition coefficient (Wildman–Crippen LogP) is 2.41. The largest absolute Gasteiger partial charge is 0.454 e. The zero-order valence-corrected chi connectivity index (χ0v) is 17.4. The molecule has 0 saturated heterocycles. The second-order valence-corrected chi connectivity index (χ2v) is 7.02. The van der Waals surface area contributed by atoms with E-state index in [-0.39, 0.29) is 35.4 Å². The summed E-state index contributed by atoms with van der Waals surface area (Å²) in [6.45, 7) is 0.0257. The molecule has 0 atom stereocenters. The lowest BCUT2D eigenvalue weighted by atomic mass is 10.1. The summed E-state index contributed by atoms with van der Waals surface area (Å²) in [5.74, 6) is -0.110. The number of aromatic nitrogens is 5. The van der Waals surface area contributed by atoms with Gasteiger partial charge in [-0.15, -0.1) is 5.10 Å². The minimum Gasteiger partial charge on any atom is -0.454 e. The molecule has 2 aromatic carbocycles. The second-order valence-electron chi connectivity index (χ2n) is 7.02. The number of rotatable bonds is 5. The van der Waals surface area contributed by atoms with Gasteiger partial charge in [-0.3, -0.25) is 4.79 Å². The molecule has 12 nitrogen and oxygen atoms in total. The van der Waals surface area contributed by atoms with Crippen molar-refractivity contribution in [2.45, 2.75) is 6.18 Å². The van der Waals surface area contributed by atoms with E-state index in [1.54, 1.807) is 18.2 Å². The van der Waals surface area contributed by atoms with Crippen LogP contribution in [0.15, 0.2) is 52.2 Å². The van der Waals surface area contributed by atoms with Crippen molar-refractivity contribution in [3.63, 3.8) is 0 Å². The lowest BCUT2D eigenvalue weighted by Gasteiger charge is -2.09. The molecule has 0 radical (unpaired) electrons. The highest BCUT2D eigenvalue weighted by atomic mass is 19.4. The molecule has 178 valence electrons. The van der Waals surface area contributed by atoms with Gasteiger partial charge in [-0.05, 0) is 34.6 Å². The topological polar surface area (TPSA) is 156 Å². The lowest BCUT2D eigenvalue weighted by molar-refractivity contribution is -0.137. The van der Waals surface area contributed by atoms with Crippen molar-refractivity contribution in [3.05, 3.63) is 59.3 Å². The number of carbonyl (C=O) groups excluding carboxylic acids is 1. The van der Waals surface area contributed by atoms with Crippen LogP contribution in [0, 0.1) is 0 Å². The van der Waals surface area contributed by atoms with Gasteiger partial charge in [-0.25, -0.2) is 10.1 Å². The van der Waals surface area contributed by atoms with Gasteiger partial charge in [-0.2, -0.15) is 23.0 Å².